The van der Waals surface area contributed by atoms with Gasteiger partial charge in [0, 0.05) is 7.05 Å². The van der Waals surface area contributed by atoms with E-state index >= 15 is 0 Å². The van der Waals surface area contributed by atoms with Gasteiger partial charge in [0.1, 0.15) is 0 Å². The van der Waals surface area contributed by atoms with Crippen LogP contribution < -0.4 is 11.2 Å². The standard InChI is InChI=1S/C14H16N4/c1-10(17-18-14(15)16-2)12-8-7-11-5-3-4-6-13(11)9-12/h3-9H,1-2H3,(H3,15,16,18)/b17-10+. The number of fused-ring (bicyclic) bond motifs is 1. The van der Waals surface area contributed by atoms with E-state index in [1.165, 1.54) is 10.8 Å². The smallest absolute Gasteiger partial charge is 0.209 e. The topological polar surface area (TPSA) is 62.8 Å². The highest BCUT2D eigenvalue weighted by Crippen LogP contribution is 2.15. The third-order valence-electron chi connectivity index (χ3n) is 2.75. The SMILES string of the molecule is CN=C(N)N/N=C(\C)c1ccc2ccccc2c1. The second-order valence-corrected chi connectivity index (χ2v) is 3.98. The molecule has 0 unspecified atom stereocenters. The molecule has 4 heteroatoms. The van der Waals surface area contributed by atoms with E-state index in [4.69, 9.17) is 5.73 Å². The minimum Gasteiger partial charge on any atom is -0.369 e. The molecule has 0 saturated carbocycles. The highest BCUT2D eigenvalue weighted by molar-refractivity contribution is 6.02. The van der Waals surface area contributed by atoms with E-state index in [0.717, 1.165) is 11.3 Å². The second-order valence-electron chi connectivity index (χ2n) is 3.98. The molecule has 0 radical (unpaired) electrons. The van der Waals surface area contributed by atoms with Gasteiger partial charge in [-0.15, -0.1) is 0 Å². The molecule has 0 spiro atoms. The molecule has 92 valence electrons. The lowest BCUT2D eigenvalue weighted by Crippen LogP contribution is -2.27. The van der Waals surface area contributed by atoms with Gasteiger partial charge < -0.3 is 5.73 Å². The van der Waals surface area contributed by atoms with Crippen molar-refractivity contribution < 1.29 is 0 Å². The van der Waals surface area contributed by atoms with Crippen LogP contribution in [0.3, 0.4) is 0 Å². The van der Waals surface area contributed by atoms with E-state index in [9.17, 15) is 0 Å². The number of nitrogens with zero attached hydrogens (tertiary/aromatic N) is 2. The Morgan fingerprint density at radius 3 is 2.56 bits per heavy atom. The summed E-state index contributed by atoms with van der Waals surface area (Å²) >= 11 is 0. The fourth-order valence-corrected chi connectivity index (χ4v) is 1.67. The summed E-state index contributed by atoms with van der Waals surface area (Å²) in [6, 6.07) is 14.5. The van der Waals surface area contributed by atoms with Gasteiger partial charge in [0.15, 0.2) is 0 Å². The number of hydrogen-bond acceptors (Lipinski definition) is 2. The van der Waals surface area contributed by atoms with Crippen molar-refractivity contribution in [1.82, 2.24) is 5.43 Å². The molecule has 0 aromatic heterocycles. The van der Waals surface area contributed by atoms with Gasteiger partial charge >= 0.3 is 0 Å². The minimum absolute atomic E-state index is 0.301. The molecule has 0 saturated heterocycles. The van der Waals surface area contributed by atoms with Crippen LogP contribution in [0.1, 0.15) is 12.5 Å². The summed E-state index contributed by atoms with van der Waals surface area (Å²) in [7, 11) is 1.61. The third-order valence-corrected chi connectivity index (χ3v) is 2.75. The van der Waals surface area contributed by atoms with Gasteiger partial charge in [-0.25, -0.2) is 5.43 Å². The highest BCUT2D eigenvalue weighted by atomic mass is 15.4. The zero-order valence-corrected chi connectivity index (χ0v) is 10.5. The predicted molar refractivity (Wildman–Crippen MR) is 76.8 cm³/mol. The maximum Gasteiger partial charge on any atom is 0.209 e. The second kappa shape index (κ2) is 5.31. The Labute approximate surface area is 106 Å². The summed E-state index contributed by atoms with van der Waals surface area (Å²) < 4.78 is 0. The summed E-state index contributed by atoms with van der Waals surface area (Å²) in [5.41, 5.74) is 10.1. The Morgan fingerprint density at radius 2 is 1.83 bits per heavy atom. The lowest BCUT2D eigenvalue weighted by atomic mass is 10.0. The van der Waals surface area contributed by atoms with E-state index < -0.39 is 0 Å². The predicted octanol–water partition coefficient (Wildman–Crippen LogP) is 2.10. The van der Waals surface area contributed by atoms with Crippen molar-refractivity contribution >= 4 is 22.4 Å². The average molecular weight is 240 g/mol. The van der Waals surface area contributed by atoms with Gasteiger partial charge in [-0.2, -0.15) is 5.10 Å². The van der Waals surface area contributed by atoms with Gasteiger partial charge in [0.05, 0.1) is 5.71 Å². The monoisotopic (exact) mass is 240 g/mol. The van der Waals surface area contributed by atoms with Crippen molar-refractivity contribution in [1.29, 1.82) is 0 Å². The third kappa shape index (κ3) is 2.66. The Balaban J connectivity index is 2.30. The van der Waals surface area contributed by atoms with Crippen LogP contribution >= 0.6 is 0 Å². The first-order valence-electron chi connectivity index (χ1n) is 5.72. The highest BCUT2D eigenvalue weighted by Gasteiger charge is 1.99. The van der Waals surface area contributed by atoms with Crippen LogP contribution in [-0.2, 0) is 0 Å². The normalized spacial score (nSPS) is 12.8. The molecule has 0 heterocycles. The number of benzene rings is 2. The molecule has 0 aliphatic carbocycles. The molecule has 0 aliphatic rings. The molecule has 0 amide bonds. The molecule has 2 rings (SSSR count). The molecule has 0 bridgehead atoms. The quantitative estimate of drug-likeness (QED) is 0.479. The maximum absolute atomic E-state index is 5.52. The van der Waals surface area contributed by atoms with E-state index in [1.54, 1.807) is 7.05 Å². The summed E-state index contributed by atoms with van der Waals surface area (Å²) in [5.74, 6) is 0.301. The first kappa shape index (κ1) is 12.1. The molecule has 0 atom stereocenters. The van der Waals surface area contributed by atoms with Crippen LogP contribution in [0.4, 0.5) is 0 Å². The first-order valence-corrected chi connectivity index (χ1v) is 5.72. The van der Waals surface area contributed by atoms with Gasteiger partial charge in [-0.3, -0.25) is 4.99 Å². The lowest BCUT2D eigenvalue weighted by molar-refractivity contribution is 0.997. The molecule has 0 aliphatic heterocycles. The largest absolute Gasteiger partial charge is 0.369 e. The van der Waals surface area contributed by atoms with Crippen LogP contribution in [-0.4, -0.2) is 18.7 Å². The van der Waals surface area contributed by atoms with E-state index in [-0.39, 0.29) is 0 Å². The summed E-state index contributed by atoms with van der Waals surface area (Å²) in [4.78, 5) is 3.78. The number of rotatable bonds is 2. The number of nitrogens with one attached hydrogen (secondary N) is 1. The van der Waals surface area contributed by atoms with Crippen LogP contribution in [0, 0.1) is 0 Å². The van der Waals surface area contributed by atoms with Gasteiger partial charge in [-0.05, 0) is 29.3 Å². The zero-order chi connectivity index (χ0) is 13.0. The van der Waals surface area contributed by atoms with Crippen molar-refractivity contribution in [3.8, 4) is 0 Å². The van der Waals surface area contributed by atoms with Crippen molar-refractivity contribution in [3.63, 3.8) is 0 Å². The van der Waals surface area contributed by atoms with Gasteiger partial charge in [0.2, 0.25) is 5.96 Å². The van der Waals surface area contributed by atoms with Crippen molar-refractivity contribution in [3.05, 3.63) is 48.0 Å². The van der Waals surface area contributed by atoms with Crippen LogP contribution in [0.2, 0.25) is 0 Å². The van der Waals surface area contributed by atoms with Crippen LogP contribution in [0.25, 0.3) is 10.8 Å². The Bertz CT molecular complexity index is 614. The molecular formula is C14H16N4. The van der Waals surface area contributed by atoms with E-state index in [2.05, 4.69) is 39.8 Å². The average Bonchev–Trinajstić information content (AvgIpc) is 2.43. The lowest BCUT2D eigenvalue weighted by Gasteiger charge is -2.04. The Hall–Kier alpha value is -2.36. The minimum atomic E-state index is 0.301. The Kier molecular flexibility index (Phi) is 3.57. The van der Waals surface area contributed by atoms with Gasteiger partial charge in [-0.1, -0.05) is 36.4 Å². The molecule has 4 nitrogen and oxygen atoms in total. The zero-order valence-electron chi connectivity index (χ0n) is 10.5. The fourth-order valence-electron chi connectivity index (χ4n) is 1.67. The summed E-state index contributed by atoms with van der Waals surface area (Å²) in [6.07, 6.45) is 0. The Morgan fingerprint density at radius 1 is 1.11 bits per heavy atom. The summed E-state index contributed by atoms with van der Waals surface area (Å²) in [5, 5.41) is 6.60. The van der Waals surface area contributed by atoms with Gasteiger partial charge in [0.25, 0.3) is 0 Å². The van der Waals surface area contributed by atoms with Crippen LogP contribution in [0.15, 0.2) is 52.6 Å². The number of guanidine groups is 1. The summed E-state index contributed by atoms with van der Waals surface area (Å²) in [6.45, 7) is 1.93. The number of nitrogens with two attached hydrogens (primary N) is 1. The molecule has 18 heavy (non-hydrogen) atoms. The van der Waals surface area contributed by atoms with Crippen molar-refractivity contribution in [2.75, 3.05) is 7.05 Å². The molecule has 0 fully saturated rings. The van der Waals surface area contributed by atoms with E-state index in [0.29, 0.717) is 5.96 Å². The molecule has 2 aromatic carbocycles. The van der Waals surface area contributed by atoms with E-state index in [1.807, 2.05) is 25.1 Å². The number of hydrazone groups is 1. The molecular weight excluding hydrogens is 224 g/mol. The molecule has 2 aromatic rings. The first-order chi connectivity index (χ1) is 8.70. The fraction of sp³-hybridized carbons (Fsp3) is 0.143. The number of aliphatic imine (C=N–C) groups is 1. The molecule has 3 N–H and O–H groups in total. The van der Waals surface area contributed by atoms with Crippen molar-refractivity contribution in [2.24, 2.45) is 15.8 Å². The van der Waals surface area contributed by atoms with Crippen LogP contribution in [0.5, 0.6) is 0 Å². The maximum atomic E-state index is 5.52. The van der Waals surface area contributed by atoms with Crippen molar-refractivity contribution in [2.45, 2.75) is 6.92 Å². The number of hydrogen-bond donors (Lipinski definition) is 2.